The van der Waals surface area contributed by atoms with Gasteiger partial charge < -0.3 is 4.90 Å². The molecular formula is C14H19N3O2. The fourth-order valence-electron chi connectivity index (χ4n) is 1.52. The van der Waals surface area contributed by atoms with Crippen LogP contribution in [0.1, 0.15) is 25.0 Å². The van der Waals surface area contributed by atoms with E-state index in [1.807, 2.05) is 45.0 Å². The van der Waals surface area contributed by atoms with Crippen LogP contribution in [0.4, 0.5) is 0 Å². The molecule has 0 aliphatic carbocycles. The standard InChI is InChI=1S/C14H19N3O2/c1-4-17(5-2)14(19)13(18)16-15-10-12-8-6-11(3)7-9-12/h6-10H,4-5H2,1-3H3,(H,16,18)/b15-10+. The van der Waals surface area contributed by atoms with Crippen molar-refractivity contribution in [2.24, 2.45) is 5.10 Å². The number of aryl methyl sites for hydroxylation is 1. The van der Waals surface area contributed by atoms with Gasteiger partial charge in [0, 0.05) is 13.1 Å². The molecule has 0 saturated carbocycles. The Hall–Kier alpha value is -2.17. The topological polar surface area (TPSA) is 61.8 Å². The van der Waals surface area contributed by atoms with Gasteiger partial charge in [0.05, 0.1) is 6.21 Å². The molecule has 0 atom stereocenters. The van der Waals surface area contributed by atoms with Crippen molar-refractivity contribution in [2.75, 3.05) is 13.1 Å². The SMILES string of the molecule is CCN(CC)C(=O)C(=O)N/N=C/c1ccc(C)cc1. The highest BCUT2D eigenvalue weighted by Crippen LogP contribution is 1.99. The van der Waals surface area contributed by atoms with E-state index < -0.39 is 11.8 Å². The van der Waals surface area contributed by atoms with Gasteiger partial charge in [-0.15, -0.1) is 0 Å². The second kappa shape index (κ2) is 7.31. The fraction of sp³-hybridized carbons (Fsp3) is 0.357. The molecule has 0 aromatic heterocycles. The molecule has 0 aliphatic rings. The first-order valence-electron chi connectivity index (χ1n) is 6.27. The first kappa shape index (κ1) is 14.9. The Morgan fingerprint density at radius 1 is 1.21 bits per heavy atom. The summed E-state index contributed by atoms with van der Waals surface area (Å²) in [6.45, 7) is 6.65. The molecule has 1 aromatic rings. The maximum Gasteiger partial charge on any atom is 0.329 e. The lowest BCUT2D eigenvalue weighted by Gasteiger charge is -2.16. The zero-order valence-corrected chi connectivity index (χ0v) is 11.5. The number of benzene rings is 1. The van der Waals surface area contributed by atoms with Crippen LogP contribution in [0.15, 0.2) is 29.4 Å². The van der Waals surface area contributed by atoms with Crippen molar-refractivity contribution in [3.63, 3.8) is 0 Å². The molecule has 0 unspecified atom stereocenters. The molecule has 5 heteroatoms. The predicted molar refractivity (Wildman–Crippen MR) is 74.8 cm³/mol. The Morgan fingerprint density at radius 2 is 1.79 bits per heavy atom. The molecule has 0 heterocycles. The Balaban J connectivity index is 2.54. The molecule has 1 aromatic carbocycles. The minimum atomic E-state index is -0.716. The highest BCUT2D eigenvalue weighted by molar-refractivity contribution is 6.34. The summed E-state index contributed by atoms with van der Waals surface area (Å²) in [6, 6.07) is 7.67. The van der Waals surface area contributed by atoms with Gasteiger partial charge in [-0.25, -0.2) is 5.43 Å². The van der Waals surface area contributed by atoms with Crippen LogP contribution in [0.3, 0.4) is 0 Å². The second-order valence-electron chi connectivity index (χ2n) is 4.09. The number of amides is 2. The highest BCUT2D eigenvalue weighted by atomic mass is 16.2. The van der Waals surface area contributed by atoms with E-state index in [2.05, 4.69) is 10.5 Å². The minimum absolute atomic E-state index is 0.504. The highest BCUT2D eigenvalue weighted by Gasteiger charge is 2.18. The van der Waals surface area contributed by atoms with Crippen LogP contribution in [-0.4, -0.2) is 36.0 Å². The summed E-state index contributed by atoms with van der Waals surface area (Å²) in [7, 11) is 0. The van der Waals surface area contributed by atoms with Gasteiger partial charge >= 0.3 is 11.8 Å². The Kier molecular flexibility index (Phi) is 5.73. The van der Waals surface area contributed by atoms with Crippen molar-refractivity contribution in [3.05, 3.63) is 35.4 Å². The van der Waals surface area contributed by atoms with Gasteiger partial charge in [-0.3, -0.25) is 9.59 Å². The summed E-state index contributed by atoms with van der Waals surface area (Å²) in [5.41, 5.74) is 4.25. The number of nitrogens with zero attached hydrogens (tertiary/aromatic N) is 2. The lowest BCUT2D eigenvalue weighted by Crippen LogP contribution is -2.41. The number of nitrogens with one attached hydrogen (secondary N) is 1. The number of rotatable bonds is 4. The predicted octanol–water partition coefficient (Wildman–Crippen LogP) is 1.31. The second-order valence-corrected chi connectivity index (χ2v) is 4.09. The molecule has 19 heavy (non-hydrogen) atoms. The van der Waals surface area contributed by atoms with Crippen LogP contribution in [0.25, 0.3) is 0 Å². The number of hydrogen-bond donors (Lipinski definition) is 1. The van der Waals surface area contributed by atoms with Gasteiger partial charge in [0.15, 0.2) is 0 Å². The summed E-state index contributed by atoms with van der Waals surface area (Å²) in [6.07, 6.45) is 1.51. The van der Waals surface area contributed by atoms with Gasteiger partial charge in [0.1, 0.15) is 0 Å². The third-order valence-corrected chi connectivity index (χ3v) is 2.70. The van der Waals surface area contributed by atoms with Crippen molar-refractivity contribution in [2.45, 2.75) is 20.8 Å². The summed E-state index contributed by atoms with van der Waals surface area (Å²) in [5, 5.41) is 3.77. The van der Waals surface area contributed by atoms with Crippen molar-refractivity contribution >= 4 is 18.0 Å². The quantitative estimate of drug-likeness (QED) is 0.504. The largest absolute Gasteiger partial charge is 0.335 e. The minimum Gasteiger partial charge on any atom is -0.335 e. The van der Waals surface area contributed by atoms with Gasteiger partial charge in [-0.2, -0.15) is 5.10 Å². The lowest BCUT2D eigenvalue weighted by atomic mass is 10.2. The van der Waals surface area contributed by atoms with E-state index in [9.17, 15) is 9.59 Å². The summed E-state index contributed by atoms with van der Waals surface area (Å²) in [5.74, 6) is -1.28. The monoisotopic (exact) mass is 261 g/mol. The molecule has 2 amide bonds. The van der Waals surface area contributed by atoms with Crippen LogP contribution in [0, 0.1) is 6.92 Å². The zero-order chi connectivity index (χ0) is 14.3. The smallest absolute Gasteiger partial charge is 0.329 e. The average molecular weight is 261 g/mol. The molecular weight excluding hydrogens is 242 g/mol. The average Bonchev–Trinajstić information content (AvgIpc) is 2.42. The van der Waals surface area contributed by atoms with Crippen molar-refractivity contribution < 1.29 is 9.59 Å². The van der Waals surface area contributed by atoms with E-state index in [0.717, 1.165) is 11.1 Å². The molecule has 0 radical (unpaired) electrons. The molecule has 0 aliphatic heterocycles. The molecule has 0 bridgehead atoms. The van der Waals surface area contributed by atoms with E-state index in [-0.39, 0.29) is 0 Å². The molecule has 1 N–H and O–H groups in total. The van der Waals surface area contributed by atoms with Crippen LogP contribution in [0.5, 0.6) is 0 Å². The van der Waals surface area contributed by atoms with Crippen LogP contribution >= 0.6 is 0 Å². The number of hydrazone groups is 1. The van der Waals surface area contributed by atoms with Crippen LogP contribution in [-0.2, 0) is 9.59 Å². The number of hydrogen-bond acceptors (Lipinski definition) is 3. The Bertz CT molecular complexity index is 462. The fourth-order valence-corrected chi connectivity index (χ4v) is 1.52. The molecule has 0 fully saturated rings. The van der Waals surface area contributed by atoms with E-state index in [4.69, 9.17) is 0 Å². The maximum absolute atomic E-state index is 11.6. The maximum atomic E-state index is 11.6. The van der Waals surface area contributed by atoms with E-state index >= 15 is 0 Å². The summed E-state index contributed by atoms with van der Waals surface area (Å²) < 4.78 is 0. The molecule has 0 spiro atoms. The lowest BCUT2D eigenvalue weighted by molar-refractivity contribution is -0.145. The zero-order valence-electron chi connectivity index (χ0n) is 11.5. The van der Waals surface area contributed by atoms with Gasteiger partial charge in [-0.05, 0) is 26.3 Å². The van der Waals surface area contributed by atoms with Crippen LogP contribution in [0.2, 0.25) is 0 Å². The van der Waals surface area contributed by atoms with Gasteiger partial charge in [0.2, 0.25) is 0 Å². The molecule has 1 rings (SSSR count). The van der Waals surface area contributed by atoms with Crippen molar-refractivity contribution in [1.29, 1.82) is 0 Å². The normalized spacial score (nSPS) is 10.5. The Labute approximate surface area is 113 Å². The van der Waals surface area contributed by atoms with E-state index in [0.29, 0.717) is 13.1 Å². The van der Waals surface area contributed by atoms with E-state index in [1.54, 1.807) is 0 Å². The molecule has 102 valence electrons. The van der Waals surface area contributed by atoms with Crippen molar-refractivity contribution in [3.8, 4) is 0 Å². The first-order valence-corrected chi connectivity index (χ1v) is 6.27. The third kappa shape index (κ3) is 4.54. The van der Waals surface area contributed by atoms with Crippen molar-refractivity contribution in [1.82, 2.24) is 10.3 Å². The number of carbonyl (C=O) groups is 2. The first-order chi connectivity index (χ1) is 9.08. The van der Waals surface area contributed by atoms with Gasteiger partial charge in [0.25, 0.3) is 0 Å². The third-order valence-electron chi connectivity index (χ3n) is 2.70. The van der Waals surface area contributed by atoms with E-state index in [1.165, 1.54) is 11.1 Å². The number of carbonyl (C=O) groups excluding carboxylic acids is 2. The van der Waals surface area contributed by atoms with Gasteiger partial charge in [-0.1, -0.05) is 29.8 Å². The summed E-state index contributed by atoms with van der Waals surface area (Å²) in [4.78, 5) is 24.6. The van der Waals surface area contributed by atoms with Crippen LogP contribution < -0.4 is 5.43 Å². The number of likely N-dealkylation sites (N-methyl/N-ethyl adjacent to an activating group) is 1. The Morgan fingerprint density at radius 3 is 2.32 bits per heavy atom. The molecule has 0 saturated heterocycles. The summed E-state index contributed by atoms with van der Waals surface area (Å²) >= 11 is 0. The molecule has 5 nitrogen and oxygen atoms in total.